The number of benzene rings is 4. The number of nitrogens with zero attached hydrogens (tertiary/aromatic N) is 3. The van der Waals surface area contributed by atoms with Gasteiger partial charge in [0.2, 0.25) is 0 Å². The third-order valence-electron chi connectivity index (χ3n) is 5.54. The highest BCUT2D eigenvalue weighted by Crippen LogP contribution is 2.36. The highest BCUT2D eigenvalue weighted by atomic mass is 79.9. The summed E-state index contributed by atoms with van der Waals surface area (Å²) in [5.74, 6) is 0. The standard InChI is InChI=1S/C26H16BrN3/c27-26-28-22-12-6-4-11-21(22)25(29-26)17-14-15-20-19-10-5-7-13-23(19)30(24(20)16-17)18-8-2-1-3-9-18/h1-16H. The molecule has 0 radical (unpaired) electrons. The quantitative estimate of drug-likeness (QED) is 0.262. The molecule has 30 heavy (non-hydrogen) atoms. The van der Waals surface area contributed by atoms with Crippen molar-refractivity contribution in [1.82, 2.24) is 14.5 Å². The minimum Gasteiger partial charge on any atom is -0.309 e. The molecule has 142 valence electrons. The average Bonchev–Trinajstić information content (AvgIpc) is 3.12. The second kappa shape index (κ2) is 6.78. The van der Waals surface area contributed by atoms with Crippen LogP contribution in [0.3, 0.4) is 0 Å². The largest absolute Gasteiger partial charge is 0.309 e. The number of hydrogen-bond donors (Lipinski definition) is 0. The Kier molecular flexibility index (Phi) is 3.93. The number of para-hydroxylation sites is 3. The predicted molar refractivity (Wildman–Crippen MR) is 127 cm³/mol. The van der Waals surface area contributed by atoms with E-state index in [1.165, 1.54) is 21.8 Å². The molecule has 0 unspecified atom stereocenters. The molecule has 6 rings (SSSR count). The van der Waals surface area contributed by atoms with E-state index in [-0.39, 0.29) is 0 Å². The minimum absolute atomic E-state index is 0.597. The fourth-order valence-corrected chi connectivity index (χ4v) is 4.61. The zero-order valence-corrected chi connectivity index (χ0v) is 17.5. The second-order valence-corrected chi connectivity index (χ2v) is 7.99. The summed E-state index contributed by atoms with van der Waals surface area (Å²) in [4.78, 5) is 9.26. The van der Waals surface area contributed by atoms with E-state index in [0.29, 0.717) is 4.73 Å². The van der Waals surface area contributed by atoms with Gasteiger partial charge in [-0.15, -0.1) is 0 Å². The lowest BCUT2D eigenvalue weighted by atomic mass is 10.0. The van der Waals surface area contributed by atoms with Crippen molar-refractivity contribution in [3.8, 4) is 16.9 Å². The molecule has 0 saturated heterocycles. The van der Waals surface area contributed by atoms with Gasteiger partial charge < -0.3 is 4.57 Å². The Bertz CT molecular complexity index is 1550. The summed E-state index contributed by atoms with van der Waals surface area (Å²) < 4.78 is 2.92. The number of halogens is 1. The zero-order valence-electron chi connectivity index (χ0n) is 16.0. The third kappa shape index (κ3) is 2.65. The number of hydrogen-bond acceptors (Lipinski definition) is 2. The van der Waals surface area contributed by atoms with Crippen LogP contribution in [-0.2, 0) is 0 Å². The third-order valence-corrected chi connectivity index (χ3v) is 5.89. The fraction of sp³-hybridized carbons (Fsp3) is 0. The van der Waals surface area contributed by atoms with Gasteiger partial charge in [0.1, 0.15) is 0 Å². The molecule has 0 aliphatic rings. The molecule has 6 aromatic rings. The molecule has 4 aromatic carbocycles. The Morgan fingerprint density at radius 3 is 2.17 bits per heavy atom. The summed E-state index contributed by atoms with van der Waals surface area (Å²) in [7, 11) is 0. The lowest BCUT2D eigenvalue weighted by Gasteiger charge is -2.10. The maximum Gasteiger partial charge on any atom is 0.197 e. The van der Waals surface area contributed by atoms with Crippen molar-refractivity contribution in [3.63, 3.8) is 0 Å². The molecule has 3 nitrogen and oxygen atoms in total. The summed E-state index contributed by atoms with van der Waals surface area (Å²) in [5.41, 5.74) is 6.44. The minimum atomic E-state index is 0.597. The smallest absolute Gasteiger partial charge is 0.197 e. The first-order valence-electron chi connectivity index (χ1n) is 9.81. The Hall–Kier alpha value is -3.50. The number of aromatic nitrogens is 3. The SMILES string of the molecule is Brc1nc(-c2ccc3c4ccccc4n(-c4ccccc4)c3c2)c2ccccc2n1. The van der Waals surface area contributed by atoms with Gasteiger partial charge in [0, 0.05) is 27.4 Å². The molecule has 2 heterocycles. The molecule has 0 saturated carbocycles. The van der Waals surface area contributed by atoms with E-state index in [2.05, 4.69) is 98.3 Å². The van der Waals surface area contributed by atoms with Gasteiger partial charge in [0.05, 0.1) is 22.2 Å². The molecule has 0 aliphatic carbocycles. The van der Waals surface area contributed by atoms with Gasteiger partial charge in [-0.3, -0.25) is 0 Å². The summed E-state index contributed by atoms with van der Waals surface area (Å²) in [6.07, 6.45) is 0. The Morgan fingerprint density at radius 1 is 0.600 bits per heavy atom. The van der Waals surface area contributed by atoms with Gasteiger partial charge in [-0.1, -0.05) is 66.7 Å². The summed E-state index contributed by atoms with van der Waals surface area (Å²) in [6.45, 7) is 0. The number of fused-ring (bicyclic) bond motifs is 4. The fourth-order valence-electron chi connectivity index (χ4n) is 4.24. The topological polar surface area (TPSA) is 30.7 Å². The van der Waals surface area contributed by atoms with Gasteiger partial charge in [-0.25, -0.2) is 9.97 Å². The lowest BCUT2D eigenvalue weighted by molar-refractivity contribution is 1.16. The van der Waals surface area contributed by atoms with Crippen LogP contribution in [0.1, 0.15) is 0 Å². The number of rotatable bonds is 2. The van der Waals surface area contributed by atoms with Crippen LogP contribution < -0.4 is 0 Å². The highest BCUT2D eigenvalue weighted by Gasteiger charge is 2.15. The first-order valence-corrected chi connectivity index (χ1v) is 10.6. The van der Waals surface area contributed by atoms with Crippen LogP contribution in [0.4, 0.5) is 0 Å². The van der Waals surface area contributed by atoms with Crippen LogP contribution >= 0.6 is 15.9 Å². The first-order chi connectivity index (χ1) is 14.8. The molecule has 0 aliphatic heterocycles. The summed E-state index contributed by atoms with van der Waals surface area (Å²) in [5, 5.41) is 3.52. The molecule has 2 aromatic heterocycles. The molecule has 0 bridgehead atoms. The zero-order chi connectivity index (χ0) is 20.1. The maximum absolute atomic E-state index is 4.73. The van der Waals surface area contributed by atoms with Crippen molar-refractivity contribution in [2.75, 3.05) is 0 Å². The van der Waals surface area contributed by atoms with Gasteiger partial charge in [0.15, 0.2) is 4.73 Å². The monoisotopic (exact) mass is 449 g/mol. The van der Waals surface area contributed by atoms with Crippen molar-refractivity contribution in [2.24, 2.45) is 0 Å². The van der Waals surface area contributed by atoms with Crippen LogP contribution in [0.15, 0.2) is 102 Å². The van der Waals surface area contributed by atoms with Crippen LogP contribution in [0, 0.1) is 0 Å². The molecule has 0 spiro atoms. The maximum atomic E-state index is 4.73. The summed E-state index contributed by atoms with van der Waals surface area (Å²) >= 11 is 3.48. The predicted octanol–water partition coefficient (Wildman–Crippen LogP) is 7.16. The molecule has 0 fully saturated rings. The lowest BCUT2D eigenvalue weighted by Crippen LogP contribution is -1.94. The van der Waals surface area contributed by atoms with E-state index in [0.717, 1.165) is 27.8 Å². The van der Waals surface area contributed by atoms with Crippen LogP contribution in [0.25, 0.3) is 49.7 Å². The van der Waals surface area contributed by atoms with Gasteiger partial charge in [0.25, 0.3) is 0 Å². The average molecular weight is 450 g/mol. The van der Waals surface area contributed by atoms with Crippen LogP contribution in [0.5, 0.6) is 0 Å². The van der Waals surface area contributed by atoms with Crippen molar-refractivity contribution in [1.29, 1.82) is 0 Å². The molecular weight excluding hydrogens is 434 g/mol. The van der Waals surface area contributed by atoms with Crippen molar-refractivity contribution < 1.29 is 0 Å². The van der Waals surface area contributed by atoms with Gasteiger partial charge in [-0.2, -0.15) is 0 Å². The van der Waals surface area contributed by atoms with E-state index >= 15 is 0 Å². The highest BCUT2D eigenvalue weighted by molar-refractivity contribution is 9.10. The first kappa shape index (κ1) is 17.4. The molecule has 0 atom stereocenters. The van der Waals surface area contributed by atoms with Gasteiger partial charge in [-0.05, 0) is 46.3 Å². The molecule has 4 heteroatoms. The van der Waals surface area contributed by atoms with Gasteiger partial charge >= 0.3 is 0 Å². The van der Waals surface area contributed by atoms with Crippen molar-refractivity contribution in [3.05, 3.63) is 102 Å². The summed E-state index contributed by atoms with van der Waals surface area (Å²) in [6, 6.07) is 33.8. The molecular formula is C26H16BrN3. The Morgan fingerprint density at radius 2 is 1.30 bits per heavy atom. The Labute approximate surface area is 181 Å². The van der Waals surface area contributed by atoms with Crippen molar-refractivity contribution >= 4 is 48.6 Å². The van der Waals surface area contributed by atoms with Crippen LogP contribution in [0.2, 0.25) is 0 Å². The normalized spacial score (nSPS) is 11.5. The van der Waals surface area contributed by atoms with E-state index in [9.17, 15) is 0 Å². The van der Waals surface area contributed by atoms with Crippen LogP contribution in [-0.4, -0.2) is 14.5 Å². The van der Waals surface area contributed by atoms with E-state index in [1.54, 1.807) is 0 Å². The van der Waals surface area contributed by atoms with E-state index < -0.39 is 0 Å². The Balaban J connectivity index is 1.71. The van der Waals surface area contributed by atoms with E-state index in [1.807, 2.05) is 24.3 Å². The van der Waals surface area contributed by atoms with Crippen molar-refractivity contribution in [2.45, 2.75) is 0 Å². The molecule has 0 N–H and O–H groups in total. The van der Waals surface area contributed by atoms with E-state index in [4.69, 9.17) is 4.98 Å². The second-order valence-electron chi connectivity index (χ2n) is 7.28. The molecule has 0 amide bonds.